The number of aliphatic hydroxyl groups excluding tert-OH is 1. The summed E-state index contributed by atoms with van der Waals surface area (Å²) in [4.78, 5) is 79.5. The quantitative estimate of drug-likeness (QED) is 0.0542. The first-order valence-electron chi connectivity index (χ1n) is 25.5. The number of aliphatic hydroxyl groups is 1. The number of β-amino-alcohol motifs (C(OH)–C–C–N with tert-alkyl or cyclic N) is 1. The van der Waals surface area contributed by atoms with Gasteiger partial charge >= 0.3 is 0 Å². The van der Waals surface area contributed by atoms with Crippen LogP contribution in [0.2, 0.25) is 0 Å². The number of methoxy groups -OCH3 is 1. The number of imide groups is 1. The Balaban J connectivity index is 0.844. The number of sulfone groups is 1. The standard InChI is InChI=1S/C55H72N6O10S2/c1-8-71-46-29-40(22-23-45(46)70-6)44(33-73(7,68)69)61-52(65)42-14-12-13-38(48(42)53(61)66)19-16-36-24-27-59(28-25-36)26-11-9-10-15-47(63)58-50(55(3,4)5)54(67)60-32-41(62)30-43(60)51(64)56-31-37-17-20-39(21-18-37)49-35(2)57-34-72-49/h12-14,17-18,20-23,29,34,36,41,43-44,50,62H,8-11,15-16,19,24-28,30-33H2,1-7H3,(H,56,64)(H,58,63)/t41-,43+,44-,50-/m1/s1. The molecule has 3 aliphatic rings. The van der Waals surface area contributed by atoms with Crippen LogP contribution in [0.15, 0.2) is 66.2 Å². The number of likely N-dealkylation sites (tertiary alicyclic amines) is 2. The van der Waals surface area contributed by atoms with Gasteiger partial charge in [-0.3, -0.25) is 28.9 Å². The van der Waals surface area contributed by atoms with Crippen molar-refractivity contribution in [3.8, 4) is 21.9 Å². The van der Waals surface area contributed by atoms with Gasteiger partial charge in [0.25, 0.3) is 11.8 Å². The number of ether oxygens (including phenoxy) is 2. The Morgan fingerprint density at radius 2 is 1.71 bits per heavy atom. The third-order valence-corrected chi connectivity index (χ3v) is 16.2. The zero-order valence-electron chi connectivity index (χ0n) is 43.3. The molecule has 16 nitrogen and oxygen atoms in total. The van der Waals surface area contributed by atoms with Crippen LogP contribution in [0, 0.1) is 18.3 Å². The van der Waals surface area contributed by atoms with E-state index in [4.69, 9.17) is 9.47 Å². The van der Waals surface area contributed by atoms with Gasteiger partial charge in [0.1, 0.15) is 21.9 Å². The van der Waals surface area contributed by atoms with Gasteiger partial charge in [0.05, 0.1) is 58.8 Å². The molecule has 0 aliphatic carbocycles. The Kier molecular flexibility index (Phi) is 18.2. The first-order valence-corrected chi connectivity index (χ1v) is 28.5. The molecule has 0 unspecified atom stereocenters. The topological polar surface area (TPSA) is 205 Å². The molecule has 1 aromatic heterocycles. The second-order valence-corrected chi connectivity index (χ2v) is 23.9. The Bertz CT molecular complexity index is 2730. The number of aromatic nitrogens is 1. The molecule has 0 radical (unpaired) electrons. The summed E-state index contributed by atoms with van der Waals surface area (Å²) in [6.45, 7) is 12.8. The lowest BCUT2D eigenvalue weighted by Crippen LogP contribution is -2.57. The Hall–Kier alpha value is -5.69. The average Bonchev–Trinajstić information content (AvgIpc) is 4.04. The molecule has 0 saturated carbocycles. The van der Waals surface area contributed by atoms with E-state index in [9.17, 15) is 37.5 Å². The highest BCUT2D eigenvalue weighted by atomic mass is 32.2. The first kappa shape index (κ1) is 55.1. The van der Waals surface area contributed by atoms with Gasteiger partial charge < -0.3 is 35.0 Å². The third kappa shape index (κ3) is 13.7. The molecule has 0 spiro atoms. The molecule has 5 amide bonds. The van der Waals surface area contributed by atoms with Crippen molar-refractivity contribution < 1.29 is 47.0 Å². The van der Waals surface area contributed by atoms with Crippen LogP contribution >= 0.6 is 11.3 Å². The van der Waals surface area contributed by atoms with Gasteiger partial charge in [0, 0.05) is 32.2 Å². The fourth-order valence-corrected chi connectivity index (χ4v) is 12.0. The second kappa shape index (κ2) is 24.1. The lowest BCUT2D eigenvalue weighted by Gasteiger charge is -2.35. The number of hydrogen-bond donors (Lipinski definition) is 3. The molecule has 4 heterocycles. The molecule has 3 N–H and O–H groups in total. The molecular formula is C55H72N6O10S2. The summed E-state index contributed by atoms with van der Waals surface area (Å²) in [5.74, 6) is -1.13. The molecular weight excluding hydrogens is 969 g/mol. The van der Waals surface area contributed by atoms with E-state index < -0.39 is 57.0 Å². The molecule has 2 saturated heterocycles. The van der Waals surface area contributed by atoms with Gasteiger partial charge in [0.15, 0.2) is 11.5 Å². The van der Waals surface area contributed by atoms with E-state index in [1.165, 1.54) is 12.0 Å². The van der Waals surface area contributed by atoms with E-state index >= 15 is 0 Å². The van der Waals surface area contributed by atoms with E-state index in [-0.39, 0.29) is 49.2 Å². The van der Waals surface area contributed by atoms with Crippen molar-refractivity contribution in [3.05, 3.63) is 99.7 Å². The van der Waals surface area contributed by atoms with Crippen molar-refractivity contribution in [3.63, 3.8) is 0 Å². The Morgan fingerprint density at radius 1 is 0.973 bits per heavy atom. The van der Waals surface area contributed by atoms with Crippen LogP contribution in [0.4, 0.5) is 0 Å². The van der Waals surface area contributed by atoms with Gasteiger partial charge in [-0.15, -0.1) is 11.3 Å². The molecule has 394 valence electrons. The highest BCUT2D eigenvalue weighted by Crippen LogP contribution is 2.39. The summed E-state index contributed by atoms with van der Waals surface area (Å²) in [6.07, 6.45) is 6.49. The van der Waals surface area contributed by atoms with E-state index in [1.54, 1.807) is 41.7 Å². The van der Waals surface area contributed by atoms with Crippen LogP contribution in [0.25, 0.3) is 10.4 Å². The number of nitrogens with zero attached hydrogens (tertiary/aromatic N) is 4. The number of unbranched alkanes of at least 4 members (excludes halogenated alkanes) is 2. The summed E-state index contributed by atoms with van der Waals surface area (Å²) in [7, 11) is -2.13. The number of piperidine rings is 1. The number of aryl methyl sites for hydroxylation is 2. The first-order chi connectivity index (χ1) is 34.8. The summed E-state index contributed by atoms with van der Waals surface area (Å²) >= 11 is 1.58. The van der Waals surface area contributed by atoms with Crippen molar-refractivity contribution in [2.75, 3.05) is 51.9 Å². The Morgan fingerprint density at radius 3 is 2.37 bits per heavy atom. The normalized spacial score (nSPS) is 18.4. The van der Waals surface area contributed by atoms with E-state index in [0.29, 0.717) is 48.0 Å². The van der Waals surface area contributed by atoms with Crippen molar-refractivity contribution >= 4 is 50.7 Å². The average molecular weight is 1040 g/mol. The van der Waals surface area contributed by atoms with Gasteiger partial charge in [-0.2, -0.15) is 0 Å². The van der Waals surface area contributed by atoms with Gasteiger partial charge in [-0.05, 0) is 124 Å². The second-order valence-electron chi connectivity index (χ2n) is 20.8. The van der Waals surface area contributed by atoms with E-state index in [1.807, 2.05) is 70.5 Å². The molecule has 0 bridgehead atoms. The summed E-state index contributed by atoms with van der Waals surface area (Å²) in [5, 5.41) is 16.6. The minimum Gasteiger partial charge on any atom is -0.493 e. The maximum absolute atomic E-state index is 14.2. The maximum Gasteiger partial charge on any atom is 0.262 e. The number of rotatable bonds is 22. The number of fused-ring (bicyclic) bond motifs is 1. The highest BCUT2D eigenvalue weighted by molar-refractivity contribution is 7.90. The lowest BCUT2D eigenvalue weighted by molar-refractivity contribution is -0.144. The van der Waals surface area contributed by atoms with Crippen LogP contribution in [0.5, 0.6) is 11.5 Å². The zero-order valence-corrected chi connectivity index (χ0v) is 44.9. The fourth-order valence-electron chi connectivity index (χ4n) is 10.3. The van der Waals surface area contributed by atoms with Crippen molar-refractivity contribution in [2.45, 2.75) is 123 Å². The molecule has 7 rings (SSSR count). The Labute approximate surface area is 434 Å². The number of carbonyl (C=O) groups excluding carboxylic acids is 5. The van der Waals surface area contributed by atoms with Crippen molar-refractivity contribution in [1.29, 1.82) is 0 Å². The number of hydrogen-bond acceptors (Lipinski definition) is 13. The van der Waals surface area contributed by atoms with Crippen molar-refractivity contribution in [2.24, 2.45) is 11.3 Å². The number of thiazole rings is 1. The van der Waals surface area contributed by atoms with E-state index in [2.05, 4.69) is 20.5 Å². The molecule has 3 aliphatic heterocycles. The van der Waals surface area contributed by atoms with Gasteiger partial charge in [-0.1, -0.05) is 69.7 Å². The third-order valence-electron chi connectivity index (χ3n) is 14.3. The molecule has 4 atom stereocenters. The molecule has 3 aromatic carbocycles. The number of carbonyl (C=O) groups is 5. The fraction of sp³-hybridized carbons (Fsp3) is 0.527. The number of nitrogens with one attached hydrogen (secondary N) is 2. The van der Waals surface area contributed by atoms with Crippen LogP contribution in [-0.4, -0.2) is 133 Å². The predicted molar refractivity (Wildman–Crippen MR) is 281 cm³/mol. The van der Waals surface area contributed by atoms with Crippen LogP contribution in [0.3, 0.4) is 0 Å². The van der Waals surface area contributed by atoms with Crippen LogP contribution in [-0.2, 0) is 37.2 Å². The maximum atomic E-state index is 14.2. The summed E-state index contributed by atoms with van der Waals surface area (Å²) in [5.41, 5.74) is 5.95. The largest absolute Gasteiger partial charge is 0.493 e. The predicted octanol–water partition coefficient (Wildman–Crippen LogP) is 6.92. The van der Waals surface area contributed by atoms with Gasteiger partial charge in [-0.25, -0.2) is 13.4 Å². The smallest absolute Gasteiger partial charge is 0.262 e. The van der Waals surface area contributed by atoms with Crippen LogP contribution in [0.1, 0.15) is 128 Å². The molecule has 18 heteroatoms. The number of benzene rings is 3. The number of amides is 5. The zero-order chi connectivity index (χ0) is 52.6. The molecule has 73 heavy (non-hydrogen) atoms. The van der Waals surface area contributed by atoms with E-state index in [0.717, 1.165) is 90.2 Å². The SMILES string of the molecule is CCOc1cc([C@@H](CS(C)(=O)=O)N2C(=O)c3cccc(CCC4CCN(CCCCCC(=O)N[C@H](C(=O)N5C[C@H](O)C[C@H]5C(=O)NCc5ccc(-c6scnc6C)cc5)C(C)(C)C)CC4)c3C2=O)ccc1OC. The minimum absolute atomic E-state index is 0.0107. The monoisotopic (exact) mass is 1040 g/mol. The highest BCUT2D eigenvalue weighted by Gasteiger charge is 2.45. The lowest BCUT2D eigenvalue weighted by atomic mass is 9.85. The molecule has 2 fully saturated rings. The van der Waals surface area contributed by atoms with Crippen molar-refractivity contribution in [1.82, 2.24) is 30.3 Å². The molecule has 4 aromatic rings. The summed E-state index contributed by atoms with van der Waals surface area (Å²) in [6, 6.07) is 15.4. The summed E-state index contributed by atoms with van der Waals surface area (Å²) < 4.78 is 36.6. The minimum atomic E-state index is -3.63. The van der Waals surface area contributed by atoms with Gasteiger partial charge in [0.2, 0.25) is 17.7 Å². The van der Waals surface area contributed by atoms with Crippen LogP contribution < -0.4 is 20.1 Å².